The van der Waals surface area contributed by atoms with Gasteiger partial charge in [0.1, 0.15) is 11.4 Å². The summed E-state index contributed by atoms with van der Waals surface area (Å²) >= 11 is 0. The highest BCUT2D eigenvalue weighted by atomic mass is 16.5. The van der Waals surface area contributed by atoms with Crippen LogP contribution in [-0.4, -0.2) is 48.1 Å². The maximum absolute atomic E-state index is 12.5. The summed E-state index contributed by atoms with van der Waals surface area (Å²) in [6.45, 7) is 0.811. The highest BCUT2D eigenvalue weighted by molar-refractivity contribution is 5.99. The molecule has 1 aromatic heterocycles. The van der Waals surface area contributed by atoms with Crippen molar-refractivity contribution in [2.45, 2.75) is 18.6 Å². The number of hydrogen-bond donors (Lipinski definition) is 2. The molecule has 0 unspecified atom stereocenters. The number of ether oxygens (including phenoxy) is 2. The number of amides is 1. The standard InChI is InChI=1S/C16H20N2O4/c1-18-13-8-11(21-2)4-3-10(13)7-14(18)16(20)17-12-5-6-22-9-15(12)19/h3-4,7-8,12,15,19H,5-6,9H2,1-2H3,(H,17,20)/t12-,15-/m1/s1. The molecule has 2 atom stereocenters. The van der Waals surface area contributed by atoms with Crippen LogP contribution in [0, 0.1) is 0 Å². The zero-order chi connectivity index (χ0) is 15.7. The van der Waals surface area contributed by atoms with Gasteiger partial charge < -0.3 is 24.5 Å². The van der Waals surface area contributed by atoms with Gasteiger partial charge in [0.25, 0.3) is 5.91 Å². The van der Waals surface area contributed by atoms with Crippen molar-refractivity contribution in [3.63, 3.8) is 0 Å². The van der Waals surface area contributed by atoms with Gasteiger partial charge in [-0.2, -0.15) is 0 Å². The third-order valence-electron chi connectivity index (χ3n) is 4.13. The van der Waals surface area contributed by atoms with Crippen LogP contribution in [0.5, 0.6) is 5.75 Å². The molecule has 3 rings (SSSR count). The van der Waals surface area contributed by atoms with Gasteiger partial charge in [0.15, 0.2) is 0 Å². The van der Waals surface area contributed by atoms with Crippen LogP contribution in [0.3, 0.4) is 0 Å². The largest absolute Gasteiger partial charge is 0.497 e. The van der Waals surface area contributed by atoms with E-state index in [4.69, 9.17) is 9.47 Å². The number of aromatic nitrogens is 1. The first-order valence-corrected chi connectivity index (χ1v) is 7.30. The van der Waals surface area contributed by atoms with E-state index in [2.05, 4.69) is 5.32 Å². The summed E-state index contributed by atoms with van der Waals surface area (Å²) < 4.78 is 12.2. The second-order valence-corrected chi connectivity index (χ2v) is 5.52. The van der Waals surface area contributed by atoms with Crippen LogP contribution in [0.1, 0.15) is 16.9 Å². The number of carbonyl (C=O) groups is 1. The molecule has 1 fully saturated rings. The summed E-state index contributed by atoms with van der Waals surface area (Å²) in [5, 5.41) is 13.7. The fraction of sp³-hybridized carbons (Fsp3) is 0.438. The zero-order valence-corrected chi connectivity index (χ0v) is 12.7. The van der Waals surface area contributed by atoms with Crippen LogP contribution in [0.2, 0.25) is 0 Å². The molecule has 6 heteroatoms. The molecule has 1 aliphatic heterocycles. The molecule has 1 saturated heterocycles. The summed E-state index contributed by atoms with van der Waals surface area (Å²) in [6.07, 6.45) is -0.0440. The Morgan fingerprint density at radius 2 is 2.27 bits per heavy atom. The number of carbonyl (C=O) groups excluding carboxylic acids is 1. The molecule has 0 aliphatic carbocycles. The van der Waals surface area contributed by atoms with E-state index in [1.165, 1.54) is 0 Å². The Hall–Kier alpha value is -2.05. The van der Waals surface area contributed by atoms with Crippen LogP contribution in [0.4, 0.5) is 0 Å². The third kappa shape index (κ3) is 2.67. The number of nitrogens with zero attached hydrogens (tertiary/aromatic N) is 1. The smallest absolute Gasteiger partial charge is 0.268 e. The van der Waals surface area contributed by atoms with Crippen molar-refractivity contribution in [3.05, 3.63) is 30.0 Å². The molecule has 0 bridgehead atoms. The van der Waals surface area contributed by atoms with Crippen molar-refractivity contribution in [2.75, 3.05) is 20.3 Å². The summed E-state index contributed by atoms with van der Waals surface area (Å²) in [5.41, 5.74) is 1.49. The Balaban J connectivity index is 1.86. The Bertz CT molecular complexity index is 695. The lowest BCUT2D eigenvalue weighted by atomic mass is 10.1. The molecule has 118 valence electrons. The number of aliphatic hydroxyl groups excluding tert-OH is 1. The van der Waals surface area contributed by atoms with E-state index in [0.29, 0.717) is 18.7 Å². The monoisotopic (exact) mass is 304 g/mol. The van der Waals surface area contributed by atoms with E-state index >= 15 is 0 Å². The van der Waals surface area contributed by atoms with E-state index in [0.717, 1.165) is 16.7 Å². The Kier molecular flexibility index (Phi) is 4.04. The molecule has 0 spiro atoms. The van der Waals surface area contributed by atoms with Gasteiger partial charge in [0.2, 0.25) is 0 Å². The maximum atomic E-state index is 12.5. The molecule has 2 aromatic rings. The average molecular weight is 304 g/mol. The maximum Gasteiger partial charge on any atom is 0.268 e. The van der Waals surface area contributed by atoms with Crippen LogP contribution in [0.15, 0.2) is 24.3 Å². The minimum absolute atomic E-state index is 0.191. The number of aliphatic hydroxyl groups is 1. The Morgan fingerprint density at radius 3 is 3.00 bits per heavy atom. The van der Waals surface area contributed by atoms with E-state index in [1.54, 1.807) is 7.11 Å². The average Bonchev–Trinajstić information content (AvgIpc) is 2.86. The number of hydrogen-bond acceptors (Lipinski definition) is 4. The lowest BCUT2D eigenvalue weighted by Crippen LogP contribution is -2.49. The number of benzene rings is 1. The van der Waals surface area contributed by atoms with E-state index in [-0.39, 0.29) is 18.6 Å². The lowest BCUT2D eigenvalue weighted by Gasteiger charge is -2.28. The van der Waals surface area contributed by atoms with E-state index in [9.17, 15) is 9.90 Å². The minimum Gasteiger partial charge on any atom is -0.497 e. The van der Waals surface area contributed by atoms with Gasteiger partial charge in [-0.15, -0.1) is 0 Å². The summed E-state index contributed by atoms with van der Waals surface area (Å²) in [7, 11) is 3.46. The zero-order valence-electron chi connectivity index (χ0n) is 12.7. The minimum atomic E-state index is -0.660. The first-order chi connectivity index (χ1) is 10.6. The van der Waals surface area contributed by atoms with E-state index < -0.39 is 6.10 Å². The quantitative estimate of drug-likeness (QED) is 0.889. The molecule has 0 saturated carbocycles. The molecule has 22 heavy (non-hydrogen) atoms. The number of fused-ring (bicyclic) bond motifs is 1. The molecule has 1 aromatic carbocycles. The van der Waals surface area contributed by atoms with Crippen LogP contribution in [0.25, 0.3) is 10.9 Å². The normalized spacial score (nSPS) is 21.8. The Morgan fingerprint density at radius 1 is 1.45 bits per heavy atom. The van der Waals surface area contributed by atoms with Crippen LogP contribution in [-0.2, 0) is 11.8 Å². The number of aryl methyl sites for hydroxylation is 1. The molecule has 1 amide bonds. The molecule has 0 radical (unpaired) electrons. The number of rotatable bonds is 3. The molecule has 2 heterocycles. The molecule has 2 N–H and O–H groups in total. The highest BCUT2D eigenvalue weighted by Gasteiger charge is 2.26. The fourth-order valence-corrected chi connectivity index (χ4v) is 2.79. The van der Waals surface area contributed by atoms with Gasteiger partial charge in [0, 0.05) is 25.1 Å². The second-order valence-electron chi connectivity index (χ2n) is 5.52. The molecular weight excluding hydrogens is 284 g/mol. The second kappa shape index (κ2) is 5.98. The number of nitrogens with one attached hydrogen (secondary N) is 1. The van der Waals surface area contributed by atoms with Crippen molar-refractivity contribution in [1.29, 1.82) is 0 Å². The first kappa shape index (κ1) is 14.9. The topological polar surface area (TPSA) is 72.7 Å². The Labute approximate surface area is 128 Å². The molecule has 1 aliphatic rings. The summed E-state index contributed by atoms with van der Waals surface area (Å²) in [6, 6.07) is 7.26. The van der Waals surface area contributed by atoms with Crippen LogP contribution < -0.4 is 10.1 Å². The van der Waals surface area contributed by atoms with E-state index in [1.807, 2.05) is 35.9 Å². The lowest BCUT2D eigenvalue weighted by molar-refractivity contribution is -0.0261. The number of methoxy groups -OCH3 is 1. The van der Waals surface area contributed by atoms with Gasteiger partial charge in [0.05, 0.1) is 31.4 Å². The van der Waals surface area contributed by atoms with Gasteiger partial charge in [-0.25, -0.2) is 0 Å². The van der Waals surface area contributed by atoms with Crippen molar-refractivity contribution in [1.82, 2.24) is 9.88 Å². The van der Waals surface area contributed by atoms with Crippen molar-refractivity contribution in [2.24, 2.45) is 7.05 Å². The highest BCUT2D eigenvalue weighted by Crippen LogP contribution is 2.24. The van der Waals surface area contributed by atoms with Crippen molar-refractivity contribution < 1.29 is 19.4 Å². The van der Waals surface area contributed by atoms with Gasteiger partial charge in [-0.05, 0) is 24.6 Å². The van der Waals surface area contributed by atoms with Gasteiger partial charge in [-0.1, -0.05) is 0 Å². The van der Waals surface area contributed by atoms with Gasteiger partial charge >= 0.3 is 0 Å². The summed E-state index contributed by atoms with van der Waals surface area (Å²) in [5.74, 6) is 0.559. The van der Waals surface area contributed by atoms with Crippen molar-refractivity contribution in [3.8, 4) is 5.75 Å². The first-order valence-electron chi connectivity index (χ1n) is 7.30. The van der Waals surface area contributed by atoms with Crippen molar-refractivity contribution >= 4 is 16.8 Å². The summed E-state index contributed by atoms with van der Waals surface area (Å²) in [4.78, 5) is 12.5. The molecular formula is C16H20N2O4. The fourth-order valence-electron chi connectivity index (χ4n) is 2.79. The SMILES string of the molecule is COc1ccc2cc(C(=O)N[C@@H]3CCOC[C@H]3O)n(C)c2c1. The van der Waals surface area contributed by atoms with Gasteiger partial charge in [-0.3, -0.25) is 4.79 Å². The third-order valence-corrected chi connectivity index (χ3v) is 4.13. The molecule has 6 nitrogen and oxygen atoms in total. The predicted octanol–water partition coefficient (Wildman–Crippen LogP) is 1.07. The predicted molar refractivity (Wildman–Crippen MR) is 82.2 cm³/mol. The van der Waals surface area contributed by atoms with Crippen LogP contribution >= 0.6 is 0 Å².